The minimum atomic E-state index is -0.0707. The van der Waals surface area contributed by atoms with Gasteiger partial charge in [0.2, 0.25) is 5.91 Å². The molecular formula is C20H30N4O2. The summed E-state index contributed by atoms with van der Waals surface area (Å²) < 4.78 is 5.43. The Morgan fingerprint density at radius 2 is 2.08 bits per heavy atom. The van der Waals surface area contributed by atoms with Crippen LogP contribution >= 0.6 is 0 Å². The fraction of sp³-hybridized carbons (Fsp3) is 0.750. The highest BCUT2D eigenvalue weighted by Crippen LogP contribution is 2.51. The van der Waals surface area contributed by atoms with E-state index in [1.807, 2.05) is 0 Å². The molecule has 1 unspecified atom stereocenters. The molecule has 1 amide bonds. The van der Waals surface area contributed by atoms with Crippen molar-refractivity contribution >= 4 is 11.7 Å². The number of hydrogen-bond acceptors (Lipinski definition) is 5. The van der Waals surface area contributed by atoms with Gasteiger partial charge in [0.25, 0.3) is 0 Å². The van der Waals surface area contributed by atoms with Crippen LogP contribution in [0.4, 0.5) is 5.82 Å². The molecule has 0 radical (unpaired) electrons. The fourth-order valence-corrected chi connectivity index (χ4v) is 4.89. The molecule has 2 saturated carbocycles. The largest absolute Gasteiger partial charge is 0.491 e. The zero-order valence-corrected chi connectivity index (χ0v) is 16.0. The average molecular weight is 358 g/mol. The summed E-state index contributed by atoms with van der Waals surface area (Å²) in [5.41, 5.74) is 0.313. The van der Waals surface area contributed by atoms with Crippen molar-refractivity contribution in [3.8, 4) is 5.75 Å². The topological polar surface area (TPSA) is 67.4 Å². The van der Waals surface area contributed by atoms with Gasteiger partial charge < -0.3 is 15.0 Å². The number of rotatable bonds is 5. The number of carbonyl (C=O) groups excluding carboxylic acids is 1. The molecule has 1 aromatic heterocycles. The number of hydrogen-bond donors (Lipinski definition) is 1. The number of nitrogens with zero attached hydrogens (tertiary/aromatic N) is 3. The number of piperidine rings is 1. The monoisotopic (exact) mass is 358 g/mol. The highest BCUT2D eigenvalue weighted by atomic mass is 16.5. The van der Waals surface area contributed by atoms with E-state index in [2.05, 4.69) is 27.1 Å². The van der Waals surface area contributed by atoms with Crippen LogP contribution in [0.2, 0.25) is 0 Å². The van der Waals surface area contributed by atoms with E-state index in [0.29, 0.717) is 11.3 Å². The Bertz CT molecular complexity index is 666. The summed E-state index contributed by atoms with van der Waals surface area (Å²) in [5.74, 6) is 2.53. The predicted octanol–water partition coefficient (Wildman–Crippen LogP) is 2.79. The number of ether oxygens (including phenoxy) is 1. The van der Waals surface area contributed by atoms with Crippen LogP contribution in [-0.4, -0.2) is 42.6 Å². The second-order valence-corrected chi connectivity index (χ2v) is 8.62. The molecule has 0 bridgehead atoms. The van der Waals surface area contributed by atoms with Crippen molar-refractivity contribution in [2.24, 2.45) is 16.7 Å². The Morgan fingerprint density at radius 3 is 2.77 bits per heavy atom. The van der Waals surface area contributed by atoms with Crippen molar-refractivity contribution < 1.29 is 9.53 Å². The molecule has 2 heterocycles. The van der Waals surface area contributed by atoms with Gasteiger partial charge in [-0.15, -0.1) is 0 Å². The van der Waals surface area contributed by atoms with Crippen molar-refractivity contribution in [3.63, 3.8) is 0 Å². The quantitative estimate of drug-likeness (QED) is 0.877. The molecule has 1 aromatic rings. The van der Waals surface area contributed by atoms with E-state index >= 15 is 0 Å². The van der Waals surface area contributed by atoms with Crippen molar-refractivity contribution in [1.29, 1.82) is 0 Å². The first-order valence-electron chi connectivity index (χ1n) is 9.94. The minimum absolute atomic E-state index is 0.0707. The lowest BCUT2D eigenvalue weighted by atomic mass is 9.70. The SMILES string of the molecule is COc1cncnc1N1CCC2(CCCC2CNC(=O)C2(C)CC2)CC1. The second-order valence-electron chi connectivity index (χ2n) is 8.62. The van der Waals surface area contributed by atoms with Gasteiger partial charge in [-0.2, -0.15) is 0 Å². The zero-order chi connectivity index (χ0) is 18.2. The molecule has 1 atom stereocenters. The first kappa shape index (κ1) is 17.6. The summed E-state index contributed by atoms with van der Waals surface area (Å²) >= 11 is 0. The molecule has 0 aromatic carbocycles. The summed E-state index contributed by atoms with van der Waals surface area (Å²) in [4.78, 5) is 23.1. The van der Waals surface area contributed by atoms with Crippen LogP contribution in [-0.2, 0) is 4.79 Å². The molecule has 1 saturated heterocycles. The van der Waals surface area contributed by atoms with Crippen LogP contribution in [0.1, 0.15) is 51.9 Å². The van der Waals surface area contributed by atoms with Crippen LogP contribution < -0.4 is 15.0 Å². The normalized spacial score (nSPS) is 25.9. The van der Waals surface area contributed by atoms with Gasteiger partial charge in [-0.25, -0.2) is 9.97 Å². The third-order valence-corrected chi connectivity index (χ3v) is 7.09. The van der Waals surface area contributed by atoms with E-state index in [1.54, 1.807) is 19.6 Å². The highest BCUT2D eigenvalue weighted by molar-refractivity contribution is 5.84. The van der Waals surface area contributed by atoms with Gasteiger partial charge in [0.1, 0.15) is 6.33 Å². The molecular weight excluding hydrogens is 328 g/mol. The molecule has 3 fully saturated rings. The van der Waals surface area contributed by atoms with Gasteiger partial charge in [0.05, 0.1) is 13.3 Å². The van der Waals surface area contributed by atoms with Crippen molar-refractivity contribution in [2.75, 3.05) is 31.6 Å². The van der Waals surface area contributed by atoms with Gasteiger partial charge in [0.15, 0.2) is 11.6 Å². The second kappa shape index (κ2) is 6.71. The van der Waals surface area contributed by atoms with Crippen LogP contribution in [0.5, 0.6) is 5.75 Å². The zero-order valence-electron chi connectivity index (χ0n) is 16.0. The Labute approximate surface area is 155 Å². The maximum atomic E-state index is 12.3. The predicted molar refractivity (Wildman–Crippen MR) is 100 cm³/mol. The number of amides is 1. The Kier molecular flexibility index (Phi) is 4.53. The summed E-state index contributed by atoms with van der Waals surface area (Å²) in [7, 11) is 1.67. The van der Waals surface area contributed by atoms with Gasteiger partial charge in [-0.3, -0.25) is 4.79 Å². The molecule has 3 aliphatic rings. The number of anilines is 1. The standard InChI is InChI=1S/C20H30N4O2/c1-19(6-7-19)18(25)22-12-15-4-3-5-20(15)8-10-24(11-9-20)17-16(26-2)13-21-14-23-17/h13-15H,3-12H2,1-2H3,(H,22,25). The van der Waals surface area contributed by atoms with E-state index < -0.39 is 0 Å². The number of carbonyl (C=O) groups is 1. The molecule has 26 heavy (non-hydrogen) atoms. The smallest absolute Gasteiger partial charge is 0.225 e. The number of nitrogens with one attached hydrogen (secondary N) is 1. The molecule has 6 heteroatoms. The molecule has 1 aliphatic heterocycles. The molecule has 4 rings (SSSR count). The lowest BCUT2D eigenvalue weighted by molar-refractivity contribution is -0.126. The molecule has 2 aliphatic carbocycles. The molecule has 1 N–H and O–H groups in total. The molecule has 1 spiro atoms. The van der Waals surface area contributed by atoms with E-state index in [9.17, 15) is 4.79 Å². The summed E-state index contributed by atoms with van der Waals surface area (Å²) in [6.07, 6.45) is 11.6. The first-order valence-corrected chi connectivity index (χ1v) is 9.94. The Hall–Kier alpha value is -1.85. The van der Waals surface area contributed by atoms with E-state index in [0.717, 1.165) is 56.9 Å². The summed E-state index contributed by atoms with van der Waals surface area (Å²) in [6.45, 7) is 4.93. The molecule has 142 valence electrons. The van der Waals surface area contributed by atoms with Gasteiger partial charge in [-0.05, 0) is 49.9 Å². The highest BCUT2D eigenvalue weighted by Gasteiger charge is 2.47. The minimum Gasteiger partial charge on any atom is -0.491 e. The van der Waals surface area contributed by atoms with Crippen LogP contribution in [0.15, 0.2) is 12.5 Å². The maximum absolute atomic E-state index is 12.3. The lowest BCUT2D eigenvalue weighted by Crippen LogP contribution is -2.45. The fourth-order valence-electron chi connectivity index (χ4n) is 4.89. The molecule has 6 nitrogen and oxygen atoms in total. The van der Waals surface area contributed by atoms with Crippen LogP contribution in [0, 0.1) is 16.7 Å². The van der Waals surface area contributed by atoms with E-state index in [4.69, 9.17) is 4.74 Å². The third-order valence-electron chi connectivity index (χ3n) is 7.09. The van der Waals surface area contributed by atoms with Crippen molar-refractivity contribution in [1.82, 2.24) is 15.3 Å². The Balaban J connectivity index is 1.38. The van der Waals surface area contributed by atoms with Gasteiger partial charge in [-0.1, -0.05) is 13.3 Å². The van der Waals surface area contributed by atoms with Gasteiger partial charge in [0, 0.05) is 25.0 Å². The lowest BCUT2D eigenvalue weighted by Gasteiger charge is -2.44. The van der Waals surface area contributed by atoms with Gasteiger partial charge >= 0.3 is 0 Å². The van der Waals surface area contributed by atoms with Crippen LogP contribution in [0.3, 0.4) is 0 Å². The summed E-state index contributed by atoms with van der Waals surface area (Å²) in [6, 6.07) is 0. The Morgan fingerprint density at radius 1 is 1.31 bits per heavy atom. The average Bonchev–Trinajstić information content (AvgIpc) is 3.32. The van der Waals surface area contributed by atoms with E-state index in [1.165, 1.54) is 19.3 Å². The van der Waals surface area contributed by atoms with Crippen molar-refractivity contribution in [3.05, 3.63) is 12.5 Å². The maximum Gasteiger partial charge on any atom is 0.225 e. The number of methoxy groups -OCH3 is 1. The van der Waals surface area contributed by atoms with Crippen molar-refractivity contribution in [2.45, 2.75) is 51.9 Å². The number of aromatic nitrogens is 2. The van der Waals surface area contributed by atoms with Crippen LogP contribution in [0.25, 0.3) is 0 Å². The third kappa shape index (κ3) is 3.14. The summed E-state index contributed by atoms with van der Waals surface area (Å²) in [5, 5.41) is 3.27. The van der Waals surface area contributed by atoms with E-state index in [-0.39, 0.29) is 11.3 Å². The first-order chi connectivity index (χ1) is 12.6.